The van der Waals surface area contributed by atoms with E-state index in [-0.39, 0.29) is 23.9 Å². The third-order valence-electron chi connectivity index (χ3n) is 4.09. The number of fused-ring (bicyclic) bond motifs is 1. The quantitative estimate of drug-likeness (QED) is 0.924. The minimum Gasteiger partial charge on any atom is -0.352 e. The van der Waals surface area contributed by atoms with Crippen LogP contribution in [0.3, 0.4) is 0 Å². The first-order valence-corrected chi connectivity index (χ1v) is 9.45. The number of amides is 1. The van der Waals surface area contributed by atoms with E-state index in [2.05, 4.69) is 5.32 Å². The summed E-state index contributed by atoms with van der Waals surface area (Å²) >= 11 is 0. The minimum atomic E-state index is -3.15. The van der Waals surface area contributed by atoms with E-state index in [0.29, 0.717) is 17.9 Å². The SMILES string of the molecule is O=C(Cc1ccc(F)cc1)NCc1ccc2c(c1)CCCS2(=O)=O. The van der Waals surface area contributed by atoms with Crippen LogP contribution in [0.4, 0.5) is 4.39 Å². The molecule has 0 radical (unpaired) electrons. The first-order chi connectivity index (χ1) is 11.4. The maximum atomic E-state index is 12.8. The molecule has 0 saturated heterocycles. The van der Waals surface area contributed by atoms with Crippen molar-refractivity contribution in [2.45, 2.75) is 30.7 Å². The lowest BCUT2D eigenvalue weighted by atomic mass is 10.1. The Kier molecular flexibility index (Phi) is 4.66. The molecular formula is C18H18FNO3S. The van der Waals surface area contributed by atoms with Crippen LogP contribution in [-0.4, -0.2) is 20.1 Å². The van der Waals surface area contributed by atoms with Crippen LogP contribution in [0.2, 0.25) is 0 Å². The molecule has 4 nitrogen and oxygen atoms in total. The summed E-state index contributed by atoms with van der Waals surface area (Å²) in [7, 11) is -3.15. The number of hydrogen-bond donors (Lipinski definition) is 1. The Morgan fingerprint density at radius 3 is 2.54 bits per heavy atom. The topological polar surface area (TPSA) is 63.2 Å². The zero-order chi connectivity index (χ0) is 17.2. The Hall–Kier alpha value is -2.21. The van der Waals surface area contributed by atoms with E-state index < -0.39 is 9.84 Å². The van der Waals surface area contributed by atoms with Crippen LogP contribution in [0.25, 0.3) is 0 Å². The average Bonchev–Trinajstić information content (AvgIpc) is 2.55. The molecule has 1 heterocycles. The van der Waals surface area contributed by atoms with Gasteiger partial charge >= 0.3 is 0 Å². The van der Waals surface area contributed by atoms with E-state index in [4.69, 9.17) is 0 Å². The summed E-state index contributed by atoms with van der Waals surface area (Å²) < 4.78 is 36.8. The van der Waals surface area contributed by atoms with E-state index >= 15 is 0 Å². The molecule has 0 bridgehead atoms. The minimum absolute atomic E-state index is 0.160. The van der Waals surface area contributed by atoms with E-state index in [1.54, 1.807) is 24.3 Å². The fourth-order valence-corrected chi connectivity index (χ4v) is 4.44. The highest BCUT2D eigenvalue weighted by atomic mass is 32.2. The predicted molar refractivity (Wildman–Crippen MR) is 88.8 cm³/mol. The fourth-order valence-electron chi connectivity index (χ4n) is 2.85. The fraction of sp³-hybridized carbons (Fsp3) is 0.278. The van der Waals surface area contributed by atoms with Gasteiger partial charge in [0.25, 0.3) is 0 Å². The highest BCUT2D eigenvalue weighted by molar-refractivity contribution is 7.91. The summed E-state index contributed by atoms with van der Waals surface area (Å²) in [5.41, 5.74) is 2.44. The van der Waals surface area contributed by atoms with Gasteiger partial charge in [-0.3, -0.25) is 4.79 Å². The molecule has 1 N–H and O–H groups in total. The van der Waals surface area contributed by atoms with Gasteiger partial charge in [0.05, 0.1) is 17.1 Å². The van der Waals surface area contributed by atoms with Crippen molar-refractivity contribution < 1.29 is 17.6 Å². The molecule has 24 heavy (non-hydrogen) atoms. The second-order valence-electron chi connectivity index (χ2n) is 5.94. The molecule has 126 valence electrons. The van der Waals surface area contributed by atoms with Crippen molar-refractivity contribution in [1.82, 2.24) is 5.32 Å². The number of sulfone groups is 1. The van der Waals surface area contributed by atoms with Crippen LogP contribution in [-0.2, 0) is 34.0 Å². The van der Waals surface area contributed by atoms with Crippen molar-refractivity contribution >= 4 is 15.7 Å². The van der Waals surface area contributed by atoms with E-state index in [9.17, 15) is 17.6 Å². The summed E-state index contributed by atoms with van der Waals surface area (Å²) in [5, 5.41) is 2.81. The van der Waals surface area contributed by atoms with E-state index in [1.165, 1.54) is 12.1 Å². The Bertz CT molecular complexity index is 860. The number of halogens is 1. The zero-order valence-corrected chi connectivity index (χ0v) is 13.9. The molecule has 1 amide bonds. The van der Waals surface area contributed by atoms with Crippen molar-refractivity contribution in [2.75, 3.05) is 5.75 Å². The second-order valence-corrected chi connectivity index (χ2v) is 8.02. The van der Waals surface area contributed by atoms with Gasteiger partial charge in [-0.15, -0.1) is 0 Å². The monoisotopic (exact) mass is 347 g/mol. The Morgan fingerprint density at radius 1 is 1.08 bits per heavy atom. The van der Waals surface area contributed by atoms with Gasteiger partial charge in [0.15, 0.2) is 9.84 Å². The lowest BCUT2D eigenvalue weighted by Gasteiger charge is -2.17. The lowest BCUT2D eigenvalue weighted by molar-refractivity contribution is -0.120. The van der Waals surface area contributed by atoms with Gasteiger partial charge < -0.3 is 5.32 Å². The zero-order valence-electron chi connectivity index (χ0n) is 13.1. The molecule has 0 fully saturated rings. The molecule has 2 aromatic carbocycles. The van der Waals surface area contributed by atoms with Gasteiger partial charge in [0.2, 0.25) is 5.91 Å². The van der Waals surface area contributed by atoms with Crippen LogP contribution in [0, 0.1) is 5.82 Å². The lowest BCUT2D eigenvalue weighted by Crippen LogP contribution is -2.25. The van der Waals surface area contributed by atoms with Crippen molar-refractivity contribution in [3.05, 3.63) is 65.0 Å². The van der Waals surface area contributed by atoms with E-state index in [1.807, 2.05) is 6.07 Å². The normalized spacial score (nSPS) is 15.5. The summed E-state index contributed by atoms with van der Waals surface area (Å²) in [6.45, 7) is 0.341. The summed E-state index contributed by atoms with van der Waals surface area (Å²) in [6.07, 6.45) is 1.56. The highest BCUT2D eigenvalue weighted by Crippen LogP contribution is 2.25. The molecular weight excluding hydrogens is 329 g/mol. The number of benzene rings is 2. The van der Waals surface area contributed by atoms with Gasteiger partial charge in [0, 0.05) is 6.54 Å². The largest absolute Gasteiger partial charge is 0.352 e. The van der Waals surface area contributed by atoms with Crippen LogP contribution < -0.4 is 5.32 Å². The summed E-state index contributed by atoms with van der Waals surface area (Å²) in [6, 6.07) is 11.0. The average molecular weight is 347 g/mol. The van der Waals surface area contributed by atoms with Crippen molar-refractivity contribution in [1.29, 1.82) is 0 Å². The molecule has 0 saturated carbocycles. The van der Waals surface area contributed by atoms with Crippen LogP contribution >= 0.6 is 0 Å². The number of aryl methyl sites for hydroxylation is 1. The first kappa shape index (κ1) is 16.6. The molecule has 6 heteroatoms. The molecule has 0 spiro atoms. The molecule has 0 aromatic heterocycles. The predicted octanol–water partition coefficient (Wildman–Crippen LogP) is 2.40. The maximum Gasteiger partial charge on any atom is 0.224 e. The first-order valence-electron chi connectivity index (χ1n) is 7.80. The number of carbonyl (C=O) groups is 1. The van der Waals surface area contributed by atoms with Gasteiger partial charge in [-0.1, -0.05) is 24.3 Å². The third kappa shape index (κ3) is 3.82. The van der Waals surface area contributed by atoms with Crippen LogP contribution in [0.5, 0.6) is 0 Å². The van der Waals surface area contributed by atoms with Gasteiger partial charge in [-0.05, 0) is 47.7 Å². The van der Waals surface area contributed by atoms with Gasteiger partial charge in [-0.25, -0.2) is 12.8 Å². The molecule has 3 rings (SSSR count). The van der Waals surface area contributed by atoms with Crippen molar-refractivity contribution in [3.8, 4) is 0 Å². The molecule has 0 atom stereocenters. The highest BCUT2D eigenvalue weighted by Gasteiger charge is 2.23. The van der Waals surface area contributed by atoms with Crippen LogP contribution in [0.1, 0.15) is 23.1 Å². The number of rotatable bonds is 4. The number of hydrogen-bond acceptors (Lipinski definition) is 3. The summed E-state index contributed by atoms with van der Waals surface area (Å²) in [4.78, 5) is 12.4. The van der Waals surface area contributed by atoms with Crippen molar-refractivity contribution in [2.24, 2.45) is 0 Å². The Balaban J connectivity index is 1.62. The summed E-state index contributed by atoms with van der Waals surface area (Å²) in [5.74, 6) is -0.288. The van der Waals surface area contributed by atoms with Crippen molar-refractivity contribution in [3.63, 3.8) is 0 Å². The molecule has 0 unspecified atom stereocenters. The van der Waals surface area contributed by atoms with Crippen LogP contribution in [0.15, 0.2) is 47.4 Å². The number of nitrogens with one attached hydrogen (secondary N) is 1. The van der Waals surface area contributed by atoms with Gasteiger partial charge in [-0.2, -0.15) is 0 Å². The molecule has 0 aliphatic carbocycles. The second kappa shape index (κ2) is 6.73. The standard InChI is InChI=1S/C18H18FNO3S/c19-16-6-3-13(4-7-16)11-18(21)20-12-14-5-8-17-15(10-14)2-1-9-24(17,22)23/h3-8,10H,1-2,9,11-12H2,(H,20,21). The Labute approximate surface area is 140 Å². The molecule has 1 aliphatic heterocycles. The third-order valence-corrected chi connectivity index (χ3v) is 5.98. The molecule has 1 aliphatic rings. The smallest absolute Gasteiger partial charge is 0.224 e. The Morgan fingerprint density at radius 2 is 1.79 bits per heavy atom. The molecule has 2 aromatic rings. The van der Waals surface area contributed by atoms with Gasteiger partial charge in [0.1, 0.15) is 5.82 Å². The maximum absolute atomic E-state index is 12.8. The number of carbonyl (C=O) groups excluding carboxylic acids is 1. The van der Waals surface area contributed by atoms with E-state index in [0.717, 1.165) is 23.1 Å².